The van der Waals surface area contributed by atoms with Crippen LogP contribution in [0.1, 0.15) is 35.7 Å². The summed E-state index contributed by atoms with van der Waals surface area (Å²) in [4.78, 5) is 14.9. The van der Waals surface area contributed by atoms with Crippen molar-refractivity contribution in [1.29, 1.82) is 0 Å². The summed E-state index contributed by atoms with van der Waals surface area (Å²) in [6.45, 7) is 2.95. The van der Waals surface area contributed by atoms with E-state index in [2.05, 4.69) is 4.72 Å². The van der Waals surface area contributed by atoms with Gasteiger partial charge in [0.1, 0.15) is 0 Å². The summed E-state index contributed by atoms with van der Waals surface area (Å²) in [5.74, 6) is -0.0704. The average Bonchev–Trinajstić information content (AvgIpc) is 3.33. The molecule has 148 valence electrons. The number of rotatable bonds is 5. The Labute approximate surface area is 165 Å². The van der Waals surface area contributed by atoms with E-state index in [-0.39, 0.29) is 29.5 Å². The van der Waals surface area contributed by atoms with E-state index >= 15 is 0 Å². The number of carbonyl (C=O) groups is 1. The first kappa shape index (κ1) is 19.1. The predicted octanol–water partition coefficient (Wildman–Crippen LogP) is 2.74. The maximum absolute atomic E-state index is 12.9. The van der Waals surface area contributed by atoms with Gasteiger partial charge in [0, 0.05) is 30.4 Å². The fourth-order valence-corrected chi connectivity index (χ4v) is 5.01. The Balaban J connectivity index is 1.55. The first-order valence-corrected chi connectivity index (χ1v) is 11.1. The Hall–Kier alpha value is -2.22. The van der Waals surface area contributed by atoms with E-state index in [4.69, 9.17) is 4.74 Å². The summed E-state index contributed by atoms with van der Waals surface area (Å²) >= 11 is 0. The highest BCUT2D eigenvalue weighted by Crippen LogP contribution is 2.35. The number of sulfonamides is 1. The van der Waals surface area contributed by atoms with E-state index in [0.29, 0.717) is 18.6 Å². The fourth-order valence-electron chi connectivity index (χ4n) is 3.90. The lowest BCUT2D eigenvalue weighted by molar-refractivity contribution is 0.0981. The molecule has 0 unspecified atom stereocenters. The SMILES string of the molecule is C[C@H]1Cc2cc(S(=O)(=O)NC[C@H]3CCCO3)ccc2N1C(=O)c1ccccc1. The van der Waals surface area contributed by atoms with Gasteiger partial charge in [-0.3, -0.25) is 4.79 Å². The Kier molecular flexibility index (Phi) is 5.23. The maximum atomic E-state index is 12.9. The summed E-state index contributed by atoms with van der Waals surface area (Å²) in [6.07, 6.45) is 2.42. The van der Waals surface area contributed by atoms with Crippen LogP contribution in [0.25, 0.3) is 0 Å². The molecule has 0 saturated carbocycles. The van der Waals surface area contributed by atoms with Crippen molar-refractivity contribution < 1.29 is 17.9 Å². The molecular weight excluding hydrogens is 376 g/mol. The van der Waals surface area contributed by atoms with Crippen LogP contribution in [0.5, 0.6) is 0 Å². The van der Waals surface area contributed by atoms with Crippen molar-refractivity contribution in [2.24, 2.45) is 0 Å². The smallest absolute Gasteiger partial charge is 0.258 e. The third-order valence-corrected chi connectivity index (χ3v) is 6.76. The monoisotopic (exact) mass is 400 g/mol. The topological polar surface area (TPSA) is 75.7 Å². The minimum absolute atomic E-state index is 0.0273. The number of fused-ring (bicyclic) bond motifs is 1. The number of nitrogens with zero attached hydrogens (tertiary/aromatic N) is 1. The molecule has 7 heteroatoms. The first-order chi connectivity index (χ1) is 13.5. The molecule has 2 atom stereocenters. The van der Waals surface area contributed by atoms with Gasteiger partial charge in [-0.05, 0) is 62.1 Å². The quantitative estimate of drug-likeness (QED) is 0.837. The molecule has 1 saturated heterocycles. The second-order valence-electron chi connectivity index (χ2n) is 7.37. The van der Waals surface area contributed by atoms with E-state index in [1.807, 2.05) is 25.1 Å². The molecule has 2 aromatic rings. The van der Waals surface area contributed by atoms with Gasteiger partial charge >= 0.3 is 0 Å². The van der Waals surface area contributed by atoms with Crippen LogP contribution in [0.4, 0.5) is 5.69 Å². The lowest BCUT2D eigenvalue weighted by atomic mass is 10.1. The van der Waals surface area contributed by atoms with Crippen molar-refractivity contribution in [2.45, 2.75) is 43.2 Å². The van der Waals surface area contributed by atoms with Crippen molar-refractivity contribution in [3.63, 3.8) is 0 Å². The van der Waals surface area contributed by atoms with E-state index in [1.54, 1.807) is 35.2 Å². The third-order valence-electron chi connectivity index (χ3n) is 5.34. The van der Waals surface area contributed by atoms with Crippen LogP contribution in [0, 0.1) is 0 Å². The van der Waals surface area contributed by atoms with Crippen LogP contribution in [0.2, 0.25) is 0 Å². The minimum Gasteiger partial charge on any atom is -0.377 e. The number of hydrogen-bond acceptors (Lipinski definition) is 4. The minimum atomic E-state index is -3.61. The number of nitrogens with one attached hydrogen (secondary N) is 1. The lowest BCUT2D eigenvalue weighted by Gasteiger charge is -2.23. The Bertz CT molecular complexity index is 969. The zero-order valence-electron chi connectivity index (χ0n) is 15.8. The van der Waals surface area contributed by atoms with Crippen LogP contribution in [0.15, 0.2) is 53.4 Å². The van der Waals surface area contributed by atoms with Gasteiger partial charge in [0.2, 0.25) is 10.0 Å². The van der Waals surface area contributed by atoms with Gasteiger partial charge in [0.25, 0.3) is 5.91 Å². The summed E-state index contributed by atoms with van der Waals surface area (Å²) in [5, 5.41) is 0. The summed E-state index contributed by atoms with van der Waals surface area (Å²) in [5.41, 5.74) is 2.27. The van der Waals surface area contributed by atoms with Crippen molar-refractivity contribution in [2.75, 3.05) is 18.1 Å². The second-order valence-corrected chi connectivity index (χ2v) is 9.14. The molecule has 0 aliphatic carbocycles. The van der Waals surface area contributed by atoms with Crippen LogP contribution < -0.4 is 9.62 Å². The molecule has 6 nitrogen and oxygen atoms in total. The Morgan fingerprint density at radius 3 is 2.71 bits per heavy atom. The number of anilines is 1. The molecule has 1 fully saturated rings. The molecule has 2 aliphatic rings. The summed E-state index contributed by atoms with van der Waals surface area (Å²) in [7, 11) is -3.61. The highest BCUT2D eigenvalue weighted by Gasteiger charge is 2.32. The van der Waals surface area contributed by atoms with E-state index in [0.717, 1.165) is 24.1 Å². The standard InChI is InChI=1S/C21H24N2O4S/c1-15-12-17-13-19(28(25,26)22-14-18-8-5-11-27-18)9-10-20(17)23(15)21(24)16-6-3-2-4-7-16/h2-4,6-7,9-10,13,15,18,22H,5,8,11-12,14H2,1H3/t15-,18+/m0/s1. The molecule has 0 aromatic heterocycles. The average molecular weight is 401 g/mol. The van der Waals surface area contributed by atoms with Crippen LogP contribution >= 0.6 is 0 Å². The molecule has 1 amide bonds. The van der Waals surface area contributed by atoms with Gasteiger partial charge < -0.3 is 9.64 Å². The lowest BCUT2D eigenvalue weighted by Crippen LogP contribution is -2.35. The maximum Gasteiger partial charge on any atom is 0.258 e. The highest BCUT2D eigenvalue weighted by atomic mass is 32.2. The zero-order chi connectivity index (χ0) is 19.7. The van der Waals surface area contributed by atoms with Gasteiger partial charge in [-0.25, -0.2) is 13.1 Å². The summed E-state index contributed by atoms with van der Waals surface area (Å²) < 4.78 is 33.4. The highest BCUT2D eigenvalue weighted by molar-refractivity contribution is 7.89. The third kappa shape index (κ3) is 3.70. The molecule has 2 aliphatic heterocycles. The molecule has 0 bridgehead atoms. The summed E-state index contributed by atoms with van der Waals surface area (Å²) in [6, 6.07) is 14.1. The number of amides is 1. The molecule has 2 heterocycles. The van der Waals surface area contributed by atoms with Crippen molar-refractivity contribution in [1.82, 2.24) is 4.72 Å². The van der Waals surface area contributed by atoms with Crippen molar-refractivity contribution in [3.05, 3.63) is 59.7 Å². The molecule has 0 spiro atoms. The first-order valence-electron chi connectivity index (χ1n) is 9.58. The van der Waals surface area contributed by atoms with Crippen molar-refractivity contribution in [3.8, 4) is 0 Å². The number of ether oxygens (including phenoxy) is 1. The van der Waals surface area contributed by atoms with Crippen LogP contribution in [-0.2, 0) is 21.2 Å². The van der Waals surface area contributed by atoms with E-state index in [9.17, 15) is 13.2 Å². The molecule has 1 N–H and O–H groups in total. The fraction of sp³-hybridized carbons (Fsp3) is 0.381. The van der Waals surface area contributed by atoms with Gasteiger partial charge in [0.05, 0.1) is 11.0 Å². The van der Waals surface area contributed by atoms with E-state index in [1.165, 1.54) is 0 Å². The number of hydrogen-bond donors (Lipinski definition) is 1. The van der Waals surface area contributed by atoms with Crippen molar-refractivity contribution >= 4 is 21.6 Å². The van der Waals surface area contributed by atoms with Crippen LogP contribution in [-0.4, -0.2) is 39.6 Å². The van der Waals surface area contributed by atoms with Gasteiger partial charge in [-0.1, -0.05) is 18.2 Å². The normalized spacial score (nSPS) is 21.7. The zero-order valence-corrected chi connectivity index (χ0v) is 16.6. The molecular formula is C21H24N2O4S. The number of carbonyl (C=O) groups excluding carboxylic acids is 1. The molecule has 4 rings (SSSR count). The molecule has 2 aromatic carbocycles. The number of benzene rings is 2. The predicted molar refractivity (Wildman–Crippen MR) is 107 cm³/mol. The van der Waals surface area contributed by atoms with Gasteiger partial charge in [-0.2, -0.15) is 0 Å². The molecule has 28 heavy (non-hydrogen) atoms. The van der Waals surface area contributed by atoms with E-state index < -0.39 is 10.0 Å². The largest absolute Gasteiger partial charge is 0.377 e. The second kappa shape index (κ2) is 7.66. The van der Waals surface area contributed by atoms with Gasteiger partial charge in [0.15, 0.2) is 0 Å². The Morgan fingerprint density at radius 1 is 1.21 bits per heavy atom. The van der Waals surface area contributed by atoms with Crippen LogP contribution in [0.3, 0.4) is 0 Å². The molecule has 0 radical (unpaired) electrons. The van der Waals surface area contributed by atoms with Gasteiger partial charge in [-0.15, -0.1) is 0 Å². The Morgan fingerprint density at radius 2 is 2.00 bits per heavy atom.